The molecule has 1 heterocycles. The van der Waals surface area contributed by atoms with Gasteiger partial charge in [-0.05, 0) is 48.9 Å². The van der Waals surface area contributed by atoms with Gasteiger partial charge in [0.25, 0.3) is 5.91 Å². The fourth-order valence-electron chi connectivity index (χ4n) is 1.64. The topological polar surface area (TPSA) is 63.6 Å². The molecule has 0 atom stereocenters. The van der Waals surface area contributed by atoms with E-state index < -0.39 is 6.61 Å². The average molecular weight is 305 g/mol. The molecule has 0 aliphatic rings. The number of rotatable bonds is 5. The van der Waals surface area contributed by atoms with E-state index in [1.807, 2.05) is 0 Å². The summed E-state index contributed by atoms with van der Waals surface area (Å²) in [6.07, 6.45) is 3.01. The Balaban J connectivity index is 2.01. The normalized spacial score (nSPS) is 11.4. The average Bonchev–Trinajstić information content (AvgIpc) is 2.53. The van der Waals surface area contributed by atoms with Gasteiger partial charge in [-0.15, -0.1) is 0 Å². The maximum Gasteiger partial charge on any atom is 0.387 e. The summed E-state index contributed by atoms with van der Waals surface area (Å²) < 4.78 is 28.4. The molecule has 0 radical (unpaired) electrons. The van der Waals surface area contributed by atoms with E-state index in [0.29, 0.717) is 16.8 Å². The molecule has 22 heavy (non-hydrogen) atoms. The van der Waals surface area contributed by atoms with Gasteiger partial charge >= 0.3 is 6.61 Å². The lowest BCUT2D eigenvalue weighted by molar-refractivity contribution is -0.0498. The van der Waals surface area contributed by atoms with Gasteiger partial charge in [0.15, 0.2) is 0 Å². The third kappa shape index (κ3) is 4.34. The molecule has 2 aromatic rings. The molecule has 0 spiro atoms. The van der Waals surface area contributed by atoms with E-state index in [9.17, 15) is 13.6 Å². The number of nitrogens with one attached hydrogen (secondary N) is 1. The first-order valence-electron chi connectivity index (χ1n) is 6.36. The minimum absolute atomic E-state index is 0.0624. The zero-order chi connectivity index (χ0) is 15.9. The van der Waals surface area contributed by atoms with E-state index in [2.05, 4.69) is 20.2 Å². The first-order valence-corrected chi connectivity index (χ1v) is 6.36. The van der Waals surface area contributed by atoms with Crippen molar-refractivity contribution in [3.8, 4) is 5.75 Å². The van der Waals surface area contributed by atoms with E-state index in [0.717, 1.165) is 0 Å². The van der Waals surface area contributed by atoms with Crippen molar-refractivity contribution in [2.24, 2.45) is 5.10 Å². The van der Waals surface area contributed by atoms with Crippen LogP contribution in [0, 0.1) is 0 Å². The van der Waals surface area contributed by atoms with E-state index in [-0.39, 0.29) is 11.7 Å². The molecule has 0 unspecified atom stereocenters. The summed E-state index contributed by atoms with van der Waals surface area (Å²) in [7, 11) is 0. The summed E-state index contributed by atoms with van der Waals surface area (Å²) in [6.45, 7) is -1.17. The number of hydrogen-bond donors (Lipinski definition) is 1. The number of hydrogen-bond acceptors (Lipinski definition) is 4. The van der Waals surface area contributed by atoms with Gasteiger partial charge < -0.3 is 4.74 Å². The Kier molecular flexibility index (Phi) is 5.13. The SMILES string of the molecule is C/C(=N\NC(=O)c1ccncc1)c1ccc(OC(F)F)cc1. The second kappa shape index (κ2) is 7.26. The number of halogens is 2. The van der Waals surface area contributed by atoms with Crippen LogP contribution in [0.1, 0.15) is 22.8 Å². The minimum Gasteiger partial charge on any atom is -0.435 e. The van der Waals surface area contributed by atoms with Gasteiger partial charge in [0.05, 0.1) is 5.71 Å². The van der Waals surface area contributed by atoms with Gasteiger partial charge in [-0.25, -0.2) is 5.43 Å². The number of carbonyl (C=O) groups is 1. The first kappa shape index (κ1) is 15.6. The van der Waals surface area contributed by atoms with Gasteiger partial charge in [-0.3, -0.25) is 9.78 Å². The smallest absolute Gasteiger partial charge is 0.387 e. The number of hydrazone groups is 1. The van der Waals surface area contributed by atoms with Crippen molar-refractivity contribution in [3.05, 3.63) is 59.9 Å². The van der Waals surface area contributed by atoms with Crippen molar-refractivity contribution in [2.75, 3.05) is 0 Å². The molecule has 0 bridgehead atoms. The maximum atomic E-state index is 12.1. The van der Waals surface area contributed by atoms with Crippen molar-refractivity contribution in [1.82, 2.24) is 10.4 Å². The summed E-state index contributed by atoms with van der Waals surface area (Å²) in [4.78, 5) is 15.6. The Hall–Kier alpha value is -2.83. The Morgan fingerprint density at radius 2 is 1.77 bits per heavy atom. The molecule has 1 amide bonds. The quantitative estimate of drug-likeness (QED) is 0.682. The fraction of sp³-hybridized carbons (Fsp3) is 0.133. The van der Waals surface area contributed by atoms with E-state index >= 15 is 0 Å². The molecule has 0 aliphatic heterocycles. The summed E-state index contributed by atoms with van der Waals surface area (Å²) in [5.41, 5.74) is 4.06. The van der Waals surface area contributed by atoms with Crippen LogP contribution < -0.4 is 10.2 Å². The van der Waals surface area contributed by atoms with Gasteiger partial charge in [-0.2, -0.15) is 13.9 Å². The Morgan fingerprint density at radius 3 is 2.36 bits per heavy atom. The third-order valence-electron chi connectivity index (χ3n) is 2.76. The number of carbonyl (C=O) groups excluding carboxylic acids is 1. The molecule has 7 heteroatoms. The number of alkyl halides is 2. The lowest BCUT2D eigenvalue weighted by Gasteiger charge is -2.06. The first-order chi connectivity index (χ1) is 10.6. The van der Waals surface area contributed by atoms with Crippen molar-refractivity contribution in [3.63, 3.8) is 0 Å². The number of benzene rings is 1. The number of pyridine rings is 1. The molecule has 0 aliphatic carbocycles. The van der Waals surface area contributed by atoms with Gasteiger partial charge in [0, 0.05) is 18.0 Å². The predicted octanol–water partition coefficient (Wildman–Crippen LogP) is 2.84. The third-order valence-corrected chi connectivity index (χ3v) is 2.76. The van der Waals surface area contributed by atoms with Crippen molar-refractivity contribution in [2.45, 2.75) is 13.5 Å². The molecule has 2 rings (SSSR count). The lowest BCUT2D eigenvalue weighted by atomic mass is 10.1. The Bertz CT molecular complexity index is 658. The van der Waals surface area contributed by atoms with Gasteiger partial charge in [-0.1, -0.05) is 0 Å². The van der Waals surface area contributed by atoms with Crippen LogP contribution >= 0.6 is 0 Å². The molecular weight excluding hydrogens is 292 g/mol. The summed E-state index contributed by atoms with van der Waals surface area (Å²) in [6, 6.07) is 9.11. The highest BCUT2D eigenvalue weighted by Crippen LogP contribution is 2.15. The van der Waals surface area contributed by atoms with Crippen LogP contribution in [0.3, 0.4) is 0 Å². The molecule has 1 aromatic carbocycles. The van der Waals surface area contributed by atoms with Gasteiger partial charge in [0.1, 0.15) is 5.75 Å². The molecule has 1 aromatic heterocycles. The molecule has 0 saturated carbocycles. The summed E-state index contributed by atoms with van der Waals surface area (Å²) >= 11 is 0. The molecule has 5 nitrogen and oxygen atoms in total. The van der Waals surface area contributed by atoms with Crippen LogP contribution in [0.2, 0.25) is 0 Å². The van der Waals surface area contributed by atoms with Crippen LogP contribution in [0.4, 0.5) is 8.78 Å². The van der Waals surface area contributed by atoms with Crippen LogP contribution in [0.15, 0.2) is 53.9 Å². The fourth-order valence-corrected chi connectivity index (χ4v) is 1.64. The zero-order valence-electron chi connectivity index (χ0n) is 11.7. The highest BCUT2D eigenvalue weighted by atomic mass is 19.3. The lowest BCUT2D eigenvalue weighted by Crippen LogP contribution is -2.19. The number of aromatic nitrogens is 1. The van der Waals surface area contributed by atoms with Crippen molar-refractivity contribution >= 4 is 11.6 Å². The Labute approximate surface area is 125 Å². The maximum absolute atomic E-state index is 12.1. The zero-order valence-corrected chi connectivity index (χ0v) is 11.7. The van der Waals surface area contributed by atoms with Crippen molar-refractivity contribution in [1.29, 1.82) is 0 Å². The Morgan fingerprint density at radius 1 is 1.14 bits per heavy atom. The highest BCUT2D eigenvalue weighted by Gasteiger charge is 2.06. The predicted molar refractivity (Wildman–Crippen MR) is 77.0 cm³/mol. The van der Waals surface area contributed by atoms with E-state index in [1.165, 1.54) is 24.5 Å². The molecular formula is C15H13F2N3O2. The number of nitrogens with zero attached hydrogens (tertiary/aromatic N) is 2. The molecule has 114 valence electrons. The number of ether oxygens (including phenoxy) is 1. The van der Waals surface area contributed by atoms with Crippen LogP contribution in [0.5, 0.6) is 5.75 Å². The highest BCUT2D eigenvalue weighted by molar-refractivity contribution is 6.00. The monoisotopic (exact) mass is 305 g/mol. The van der Waals surface area contributed by atoms with Crippen molar-refractivity contribution < 1.29 is 18.3 Å². The van der Waals surface area contributed by atoms with Crippen LogP contribution in [-0.4, -0.2) is 23.2 Å². The van der Waals surface area contributed by atoms with E-state index in [1.54, 1.807) is 31.2 Å². The largest absolute Gasteiger partial charge is 0.435 e. The second-order valence-corrected chi connectivity index (χ2v) is 4.28. The second-order valence-electron chi connectivity index (χ2n) is 4.28. The van der Waals surface area contributed by atoms with E-state index in [4.69, 9.17) is 0 Å². The summed E-state index contributed by atoms with van der Waals surface area (Å²) in [5.74, 6) is -0.299. The molecule has 1 N–H and O–H groups in total. The van der Waals surface area contributed by atoms with Crippen LogP contribution in [-0.2, 0) is 0 Å². The number of amides is 1. The van der Waals surface area contributed by atoms with Gasteiger partial charge in [0.2, 0.25) is 0 Å². The molecule has 0 fully saturated rings. The van der Waals surface area contributed by atoms with Crippen LogP contribution in [0.25, 0.3) is 0 Å². The minimum atomic E-state index is -2.86. The molecule has 0 saturated heterocycles. The summed E-state index contributed by atoms with van der Waals surface area (Å²) in [5, 5.41) is 3.97. The standard InChI is InChI=1S/C15H13F2N3O2/c1-10(11-2-4-13(5-3-11)22-15(16)17)19-20-14(21)12-6-8-18-9-7-12/h2-9,15H,1H3,(H,20,21)/b19-10+.